The predicted molar refractivity (Wildman–Crippen MR) is 42.5 cm³/mol. The third-order valence-electron chi connectivity index (χ3n) is 2.32. The van der Waals surface area contributed by atoms with E-state index in [2.05, 4.69) is 4.52 Å². The van der Waals surface area contributed by atoms with E-state index in [0.29, 0.717) is 0 Å². The van der Waals surface area contributed by atoms with Crippen molar-refractivity contribution in [3.05, 3.63) is 0 Å². The second kappa shape index (κ2) is 4.65. The highest BCUT2D eigenvalue weighted by molar-refractivity contribution is 7.43. The van der Waals surface area contributed by atoms with Crippen LogP contribution in [0.15, 0.2) is 0 Å². The molecule has 0 aliphatic heterocycles. The molecule has 0 radical (unpaired) electrons. The molecule has 0 bridgehead atoms. The van der Waals surface area contributed by atoms with E-state index >= 15 is 0 Å². The maximum absolute atomic E-state index is 10.3. The van der Waals surface area contributed by atoms with Gasteiger partial charge in [0.1, 0.15) is 36.6 Å². The predicted octanol–water partition coefficient (Wildman–Crippen LogP) is -4.98. The summed E-state index contributed by atoms with van der Waals surface area (Å²) in [6.07, 6.45) is -11.8. The fourth-order valence-electron chi connectivity index (χ4n) is 1.47. The Morgan fingerprint density at radius 2 is 1.12 bits per heavy atom. The number of rotatable bonds is 2. The molecule has 0 aromatic carbocycles. The van der Waals surface area contributed by atoms with Crippen molar-refractivity contribution < 1.29 is 44.4 Å². The fraction of sp³-hybridized carbons (Fsp3) is 1.00. The van der Waals surface area contributed by atoms with E-state index in [-0.39, 0.29) is 0 Å². The second-order valence-electron chi connectivity index (χ2n) is 3.47. The van der Waals surface area contributed by atoms with Crippen molar-refractivity contribution in [2.24, 2.45) is 0 Å². The molecule has 10 heteroatoms. The Bertz CT molecular complexity index is 274. The van der Waals surface area contributed by atoms with Crippen molar-refractivity contribution in [2.45, 2.75) is 36.6 Å². The van der Waals surface area contributed by atoms with Crippen molar-refractivity contribution in [1.29, 1.82) is 0 Å². The van der Waals surface area contributed by atoms with E-state index in [1.807, 2.05) is 0 Å². The zero-order valence-electron chi connectivity index (χ0n) is 7.78. The fourth-order valence-corrected chi connectivity index (χ4v) is 2.02. The molecule has 0 saturated heterocycles. The molecular formula is C6H11O9P-2. The average molecular weight is 258 g/mol. The van der Waals surface area contributed by atoms with Gasteiger partial charge in [0, 0.05) is 0 Å². The van der Waals surface area contributed by atoms with Gasteiger partial charge in [-0.15, -0.1) is 0 Å². The van der Waals surface area contributed by atoms with E-state index in [1.54, 1.807) is 0 Å². The average Bonchev–Trinajstić information content (AvgIpc) is 2.17. The molecule has 1 rings (SSSR count). The first-order valence-electron chi connectivity index (χ1n) is 4.26. The zero-order valence-corrected chi connectivity index (χ0v) is 8.67. The first-order valence-corrected chi connectivity index (χ1v) is 5.72. The monoisotopic (exact) mass is 258 g/mol. The number of hydrogen-bond donors (Lipinski definition) is 5. The van der Waals surface area contributed by atoms with Crippen LogP contribution < -0.4 is 9.79 Å². The molecule has 0 heterocycles. The van der Waals surface area contributed by atoms with E-state index in [0.717, 1.165) is 0 Å². The van der Waals surface area contributed by atoms with Crippen LogP contribution in [0.5, 0.6) is 0 Å². The minimum atomic E-state index is -5.51. The SMILES string of the molecule is O=P([O-])([O-])OC1C(O)C(O)C(O)C(O)C1O. The Morgan fingerprint density at radius 1 is 0.812 bits per heavy atom. The van der Waals surface area contributed by atoms with Gasteiger partial charge in [-0.1, -0.05) is 0 Å². The van der Waals surface area contributed by atoms with Crippen LogP contribution in [-0.2, 0) is 9.09 Å². The lowest BCUT2D eigenvalue weighted by atomic mass is 9.85. The molecule has 0 amide bonds. The van der Waals surface area contributed by atoms with E-state index < -0.39 is 44.4 Å². The summed E-state index contributed by atoms with van der Waals surface area (Å²) < 4.78 is 14.1. The van der Waals surface area contributed by atoms with Crippen LogP contribution >= 0.6 is 7.82 Å². The van der Waals surface area contributed by atoms with Gasteiger partial charge in [-0.25, -0.2) is 0 Å². The highest BCUT2D eigenvalue weighted by atomic mass is 31.2. The highest BCUT2D eigenvalue weighted by Gasteiger charge is 2.49. The van der Waals surface area contributed by atoms with Gasteiger partial charge >= 0.3 is 0 Å². The van der Waals surface area contributed by atoms with Crippen LogP contribution in [0.3, 0.4) is 0 Å². The molecular weight excluding hydrogens is 247 g/mol. The molecule has 0 spiro atoms. The Labute approximate surface area is 89.8 Å². The zero-order chi connectivity index (χ0) is 12.7. The van der Waals surface area contributed by atoms with Gasteiger partial charge in [0.25, 0.3) is 0 Å². The largest absolute Gasteiger partial charge is 0.790 e. The van der Waals surface area contributed by atoms with Crippen LogP contribution in [0.1, 0.15) is 0 Å². The van der Waals surface area contributed by atoms with Crippen LogP contribution in [0.25, 0.3) is 0 Å². The summed E-state index contributed by atoms with van der Waals surface area (Å²) in [5.74, 6) is 0. The highest BCUT2D eigenvalue weighted by Crippen LogP contribution is 2.34. The minimum absolute atomic E-state index is 1.87. The van der Waals surface area contributed by atoms with Gasteiger partial charge in [-0.05, 0) is 0 Å². The van der Waals surface area contributed by atoms with Gasteiger partial charge < -0.3 is 44.4 Å². The smallest absolute Gasteiger partial charge is 0.120 e. The summed E-state index contributed by atoms with van der Waals surface area (Å²) in [6.45, 7) is 0. The van der Waals surface area contributed by atoms with E-state index in [9.17, 15) is 24.6 Å². The van der Waals surface area contributed by atoms with Gasteiger partial charge in [-0.3, -0.25) is 0 Å². The van der Waals surface area contributed by atoms with Crippen LogP contribution in [0.4, 0.5) is 0 Å². The summed E-state index contributed by atoms with van der Waals surface area (Å²) in [5, 5.41) is 45.9. The number of hydrogen-bond acceptors (Lipinski definition) is 9. The van der Waals surface area contributed by atoms with Crippen molar-refractivity contribution in [3.8, 4) is 0 Å². The van der Waals surface area contributed by atoms with Crippen molar-refractivity contribution >= 4 is 7.82 Å². The maximum atomic E-state index is 10.3. The van der Waals surface area contributed by atoms with Crippen molar-refractivity contribution in [2.75, 3.05) is 0 Å². The molecule has 5 N–H and O–H groups in total. The second-order valence-corrected chi connectivity index (χ2v) is 4.58. The van der Waals surface area contributed by atoms with Gasteiger partial charge in [0.05, 0.1) is 7.82 Å². The normalized spacial score (nSPS) is 45.7. The standard InChI is InChI=1S/C6H13O9P/c7-1-2(8)4(10)6(5(11)3(1)9)15-16(12,13)14/h1-11H,(H2,12,13,14)/p-2. The summed E-state index contributed by atoms with van der Waals surface area (Å²) >= 11 is 0. The van der Waals surface area contributed by atoms with E-state index in [4.69, 9.17) is 15.3 Å². The molecule has 4 atom stereocenters. The molecule has 16 heavy (non-hydrogen) atoms. The molecule has 1 saturated carbocycles. The van der Waals surface area contributed by atoms with Gasteiger partial charge in [-0.2, -0.15) is 0 Å². The summed E-state index contributed by atoms with van der Waals surface area (Å²) in [7, 11) is -5.51. The summed E-state index contributed by atoms with van der Waals surface area (Å²) in [5.41, 5.74) is 0. The lowest BCUT2D eigenvalue weighted by Gasteiger charge is -2.45. The number of aliphatic hydroxyl groups is 5. The molecule has 0 aromatic rings. The Hall–Kier alpha value is -0.0900. The van der Waals surface area contributed by atoms with Gasteiger partial charge in [0.15, 0.2) is 0 Å². The lowest BCUT2D eigenvalue weighted by Crippen LogP contribution is -2.64. The van der Waals surface area contributed by atoms with Crippen LogP contribution in [0, 0.1) is 0 Å². The van der Waals surface area contributed by atoms with Crippen molar-refractivity contribution in [3.63, 3.8) is 0 Å². The Morgan fingerprint density at radius 3 is 1.44 bits per heavy atom. The quantitative estimate of drug-likeness (QED) is 0.304. The molecule has 0 aromatic heterocycles. The summed E-state index contributed by atoms with van der Waals surface area (Å²) in [6, 6.07) is 0. The number of phosphoric acid groups is 1. The third kappa shape index (κ3) is 2.77. The van der Waals surface area contributed by atoms with E-state index in [1.165, 1.54) is 0 Å². The third-order valence-corrected chi connectivity index (χ3v) is 2.83. The molecule has 9 nitrogen and oxygen atoms in total. The molecule has 1 fully saturated rings. The topological polar surface area (TPSA) is 174 Å². The van der Waals surface area contributed by atoms with Crippen LogP contribution in [-0.4, -0.2) is 62.2 Å². The molecule has 1 aliphatic rings. The molecule has 96 valence electrons. The van der Waals surface area contributed by atoms with Crippen molar-refractivity contribution in [1.82, 2.24) is 0 Å². The minimum Gasteiger partial charge on any atom is -0.790 e. The molecule has 4 unspecified atom stereocenters. The maximum Gasteiger partial charge on any atom is 0.120 e. The van der Waals surface area contributed by atoms with Crippen LogP contribution in [0.2, 0.25) is 0 Å². The number of phosphoric ester groups is 1. The lowest BCUT2D eigenvalue weighted by molar-refractivity contribution is -0.353. The summed E-state index contributed by atoms with van der Waals surface area (Å²) in [4.78, 5) is 20.6. The Balaban J connectivity index is 2.87. The number of aliphatic hydroxyl groups excluding tert-OH is 5. The Kier molecular flexibility index (Phi) is 4.06. The first kappa shape index (κ1) is 14.0. The first-order chi connectivity index (χ1) is 7.15. The van der Waals surface area contributed by atoms with Gasteiger partial charge in [0.2, 0.25) is 0 Å². The molecule has 1 aliphatic carbocycles.